The molecule has 0 amide bonds. The molecule has 0 aliphatic rings. The standard InChI is InChI=1S/C14H19BrFNO2/c1-9(13(18)19-14(2,3)4)17-8-10-7-11(15)5-6-12(10)16/h5-7,9,17H,8H2,1-4H3. The van der Waals surface area contributed by atoms with E-state index in [0.717, 1.165) is 4.47 Å². The van der Waals surface area contributed by atoms with Crippen molar-refractivity contribution in [2.45, 2.75) is 45.9 Å². The van der Waals surface area contributed by atoms with Crippen molar-refractivity contribution in [3.63, 3.8) is 0 Å². The number of carbonyl (C=O) groups is 1. The summed E-state index contributed by atoms with van der Waals surface area (Å²) in [7, 11) is 0. The summed E-state index contributed by atoms with van der Waals surface area (Å²) in [4.78, 5) is 11.7. The fourth-order valence-corrected chi connectivity index (χ4v) is 1.82. The average Bonchev–Trinajstić information content (AvgIpc) is 2.27. The van der Waals surface area contributed by atoms with Crippen LogP contribution in [0.2, 0.25) is 0 Å². The van der Waals surface area contributed by atoms with E-state index in [1.165, 1.54) is 6.07 Å². The van der Waals surface area contributed by atoms with Gasteiger partial charge in [0.15, 0.2) is 0 Å². The Morgan fingerprint density at radius 3 is 2.68 bits per heavy atom. The van der Waals surface area contributed by atoms with E-state index in [-0.39, 0.29) is 18.3 Å². The van der Waals surface area contributed by atoms with Gasteiger partial charge in [-0.1, -0.05) is 15.9 Å². The highest BCUT2D eigenvalue weighted by molar-refractivity contribution is 9.10. The molecule has 0 spiro atoms. The summed E-state index contributed by atoms with van der Waals surface area (Å²) in [5.74, 6) is -0.644. The summed E-state index contributed by atoms with van der Waals surface area (Å²) >= 11 is 3.29. The third-order valence-corrected chi connectivity index (χ3v) is 2.86. The van der Waals surface area contributed by atoms with Crippen molar-refractivity contribution in [1.82, 2.24) is 5.32 Å². The molecule has 0 radical (unpaired) electrons. The first-order valence-electron chi connectivity index (χ1n) is 6.09. The minimum absolute atomic E-state index is 0.270. The van der Waals surface area contributed by atoms with Gasteiger partial charge in [0.05, 0.1) is 0 Å². The molecule has 0 fully saturated rings. The van der Waals surface area contributed by atoms with Gasteiger partial charge in [0.2, 0.25) is 0 Å². The predicted molar refractivity (Wildman–Crippen MR) is 76.2 cm³/mol. The van der Waals surface area contributed by atoms with Crippen LogP contribution in [0.15, 0.2) is 22.7 Å². The topological polar surface area (TPSA) is 38.3 Å². The smallest absolute Gasteiger partial charge is 0.323 e. The number of benzene rings is 1. The highest BCUT2D eigenvalue weighted by atomic mass is 79.9. The molecule has 5 heteroatoms. The van der Waals surface area contributed by atoms with Gasteiger partial charge in [-0.2, -0.15) is 0 Å². The van der Waals surface area contributed by atoms with E-state index in [9.17, 15) is 9.18 Å². The lowest BCUT2D eigenvalue weighted by molar-refractivity contribution is -0.157. The second kappa shape index (κ2) is 6.48. The number of ether oxygens (including phenoxy) is 1. The van der Waals surface area contributed by atoms with Crippen LogP contribution in [0, 0.1) is 5.82 Å². The van der Waals surface area contributed by atoms with E-state index in [1.807, 2.05) is 20.8 Å². The van der Waals surface area contributed by atoms with Crippen LogP contribution < -0.4 is 5.32 Å². The molecule has 0 aromatic heterocycles. The SMILES string of the molecule is CC(NCc1cc(Br)ccc1F)C(=O)OC(C)(C)C. The quantitative estimate of drug-likeness (QED) is 0.859. The molecule has 1 rings (SSSR count). The van der Waals surface area contributed by atoms with Crippen LogP contribution >= 0.6 is 15.9 Å². The first-order chi connectivity index (χ1) is 8.69. The zero-order chi connectivity index (χ0) is 14.6. The molecule has 106 valence electrons. The van der Waals surface area contributed by atoms with Gasteiger partial charge in [0, 0.05) is 16.6 Å². The molecule has 19 heavy (non-hydrogen) atoms. The molecule has 1 atom stereocenters. The second-order valence-electron chi connectivity index (χ2n) is 5.37. The molecule has 0 aliphatic carbocycles. The number of nitrogens with one attached hydrogen (secondary N) is 1. The lowest BCUT2D eigenvalue weighted by Gasteiger charge is -2.22. The molecular weight excluding hydrogens is 313 g/mol. The van der Waals surface area contributed by atoms with Crippen LogP contribution in [-0.2, 0) is 16.1 Å². The lowest BCUT2D eigenvalue weighted by atomic mass is 10.2. The number of rotatable bonds is 4. The van der Waals surface area contributed by atoms with Gasteiger partial charge >= 0.3 is 5.97 Å². The van der Waals surface area contributed by atoms with Gasteiger partial charge < -0.3 is 10.1 Å². The van der Waals surface area contributed by atoms with Gasteiger partial charge in [-0.05, 0) is 45.9 Å². The Hall–Kier alpha value is -0.940. The van der Waals surface area contributed by atoms with E-state index in [2.05, 4.69) is 21.2 Å². The van der Waals surface area contributed by atoms with Crippen LogP contribution in [0.25, 0.3) is 0 Å². The summed E-state index contributed by atoms with van der Waals surface area (Å²) < 4.78 is 19.6. The highest BCUT2D eigenvalue weighted by Crippen LogP contribution is 2.15. The van der Waals surface area contributed by atoms with E-state index >= 15 is 0 Å². The summed E-state index contributed by atoms with van der Waals surface area (Å²) in [5.41, 5.74) is -0.0154. The molecule has 3 nitrogen and oxygen atoms in total. The Bertz CT molecular complexity index is 457. The average molecular weight is 332 g/mol. The van der Waals surface area contributed by atoms with E-state index in [4.69, 9.17) is 4.74 Å². The van der Waals surface area contributed by atoms with Crippen LogP contribution in [-0.4, -0.2) is 17.6 Å². The molecule has 1 aromatic rings. The predicted octanol–water partition coefficient (Wildman–Crippen LogP) is 3.41. The summed E-state index contributed by atoms with van der Waals surface area (Å²) in [6.45, 7) is 7.40. The van der Waals surface area contributed by atoms with Crippen molar-refractivity contribution in [3.8, 4) is 0 Å². The van der Waals surface area contributed by atoms with Crippen molar-refractivity contribution in [3.05, 3.63) is 34.1 Å². The Morgan fingerprint density at radius 2 is 2.11 bits per heavy atom. The van der Waals surface area contributed by atoms with Crippen molar-refractivity contribution in [2.75, 3.05) is 0 Å². The summed E-state index contributed by atoms with van der Waals surface area (Å²) in [5, 5.41) is 2.95. The highest BCUT2D eigenvalue weighted by Gasteiger charge is 2.21. The summed E-state index contributed by atoms with van der Waals surface area (Å²) in [6, 6.07) is 4.22. The Balaban J connectivity index is 2.56. The fourth-order valence-electron chi connectivity index (χ4n) is 1.42. The normalized spacial score (nSPS) is 13.2. The largest absolute Gasteiger partial charge is 0.459 e. The molecule has 0 saturated heterocycles. The summed E-state index contributed by atoms with van der Waals surface area (Å²) in [6.07, 6.45) is 0. The first-order valence-corrected chi connectivity index (χ1v) is 6.88. The van der Waals surface area contributed by atoms with E-state index < -0.39 is 11.6 Å². The van der Waals surface area contributed by atoms with Gasteiger partial charge in [-0.15, -0.1) is 0 Å². The van der Waals surface area contributed by atoms with Crippen molar-refractivity contribution < 1.29 is 13.9 Å². The number of esters is 1. The Morgan fingerprint density at radius 1 is 1.47 bits per heavy atom. The van der Waals surface area contributed by atoms with Crippen LogP contribution in [0.4, 0.5) is 4.39 Å². The maximum absolute atomic E-state index is 13.5. The monoisotopic (exact) mass is 331 g/mol. The van der Waals surface area contributed by atoms with Crippen LogP contribution in [0.5, 0.6) is 0 Å². The second-order valence-corrected chi connectivity index (χ2v) is 6.29. The molecule has 0 bridgehead atoms. The third kappa shape index (κ3) is 5.70. The number of halogens is 2. The van der Waals surface area contributed by atoms with Gasteiger partial charge in [-0.3, -0.25) is 4.79 Å². The molecular formula is C14H19BrFNO2. The van der Waals surface area contributed by atoms with E-state index in [1.54, 1.807) is 19.1 Å². The zero-order valence-electron chi connectivity index (χ0n) is 11.6. The molecule has 1 unspecified atom stereocenters. The van der Waals surface area contributed by atoms with E-state index in [0.29, 0.717) is 5.56 Å². The maximum Gasteiger partial charge on any atom is 0.323 e. The maximum atomic E-state index is 13.5. The molecule has 0 heterocycles. The number of hydrogen-bond donors (Lipinski definition) is 1. The first kappa shape index (κ1) is 16.1. The van der Waals surface area contributed by atoms with Crippen molar-refractivity contribution in [1.29, 1.82) is 0 Å². The molecule has 1 N–H and O–H groups in total. The minimum atomic E-state index is -0.520. The third-order valence-electron chi connectivity index (χ3n) is 2.37. The molecule has 1 aromatic carbocycles. The number of carbonyl (C=O) groups excluding carboxylic acids is 1. The Labute approximate surface area is 121 Å². The Kier molecular flexibility index (Phi) is 5.50. The van der Waals surface area contributed by atoms with Crippen molar-refractivity contribution >= 4 is 21.9 Å². The van der Waals surface area contributed by atoms with Crippen molar-refractivity contribution in [2.24, 2.45) is 0 Å². The fraction of sp³-hybridized carbons (Fsp3) is 0.500. The molecule has 0 saturated carbocycles. The lowest BCUT2D eigenvalue weighted by Crippen LogP contribution is -2.39. The van der Waals surface area contributed by atoms with Gasteiger partial charge in [-0.25, -0.2) is 4.39 Å². The number of hydrogen-bond acceptors (Lipinski definition) is 3. The van der Waals surface area contributed by atoms with Gasteiger partial charge in [0.25, 0.3) is 0 Å². The zero-order valence-corrected chi connectivity index (χ0v) is 13.2. The van der Waals surface area contributed by atoms with Gasteiger partial charge in [0.1, 0.15) is 17.5 Å². The minimum Gasteiger partial charge on any atom is -0.459 e. The van der Waals surface area contributed by atoms with Crippen LogP contribution in [0.1, 0.15) is 33.3 Å². The van der Waals surface area contributed by atoms with Crippen LogP contribution in [0.3, 0.4) is 0 Å². The molecule has 0 aliphatic heterocycles.